The maximum atomic E-state index is 12.3. The van der Waals surface area contributed by atoms with Crippen LogP contribution in [0.4, 0.5) is 17.1 Å². The average Bonchev–Trinajstić information content (AvgIpc) is 3.08. The summed E-state index contributed by atoms with van der Waals surface area (Å²) in [6.45, 7) is 2.52. The number of hydrogen-bond donors (Lipinski definition) is 2. The SMILES string of the molecule is C[C@H](Nc1ccc(N2CCCC2=O)cc1)C(=O)Nc1cccc(C#N)c1. The highest BCUT2D eigenvalue weighted by Gasteiger charge is 2.21. The van der Waals surface area contributed by atoms with E-state index in [1.54, 1.807) is 36.1 Å². The molecule has 2 aromatic rings. The van der Waals surface area contributed by atoms with Gasteiger partial charge < -0.3 is 15.5 Å². The number of benzene rings is 2. The first kappa shape index (κ1) is 17.5. The topological polar surface area (TPSA) is 85.2 Å². The van der Waals surface area contributed by atoms with E-state index in [4.69, 9.17) is 5.26 Å². The predicted octanol–water partition coefficient (Wildman–Crippen LogP) is 3.12. The van der Waals surface area contributed by atoms with E-state index in [1.165, 1.54) is 0 Å². The maximum Gasteiger partial charge on any atom is 0.246 e. The molecule has 6 nitrogen and oxygen atoms in total. The van der Waals surface area contributed by atoms with Gasteiger partial charge in [-0.1, -0.05) is 6.07 Å². The third-order valence-corrected chi connectivity index (χ3v) is 4.29. The summed E-state index contributed by atoms with van der Waals surface area (Å²) < 4.78 is 0. The Morgan fingerprint density at radius 3 is 2.62 bits per heavy atom. The van der Waals surface area contributed by atoms with Crippen LogP contribution in [0, 0.1) is 11.3 Å². The van der Waals surface area contributed by atoms with Crippen LogP contribution in [-0.4, -0.2) is 24.4 Å². The summed E-state index contributed by atoms with van der Waals surface area (Å²) in [6, 6.07) is 15.9. The molecule has 6 heteroatoms. The Balaban J connectivity index is 1.60. The second-order valence-corrected chi connectivity index (χ2v) is 6.24. The van der Waals surface area contributed by atoms with Gasteiger partial charge >= 0.3 is 0 Å². The van der Waals surface area contributed by atoms with Crippen molar-refractivity contribution in [1.29, 1.82) is 5.26 Å². The zero-order chi connectivity index (χ0) is 18.5. The number of carbonyl (C=O) groups excluding carboxylic acids is 2. The molecule has 132 valence electrons. The summed E-state index contributed by atoms with van der Waals surface area (Å²) in [7, 11) is 0. The predicted molar refractivity (Wildman–Crippen MR) is 101 cm³/mol. The Morgan fingerprint density at radius 2 is 1.96 bits per heavy atom. The lowest BCUT2D eigenvalue weighted by Crippen LogP contribution is -2.31. The van der Waals surface area contributed by atoms with Gasteiger partial charge in [-0.15, -0.1) is 0 Å². The minimum absolute atomic E-state index is 0.151. The number of rotatable bonds is 5. The Bertz CT molecular complexity index is 855. The molecule has 2 amide bonds. The number of nitrogens with one attached hydrogen (secondary N) is 2. The highest BCUT2D eigenvalue weighted by atomic mass is 16.2. The minimum atomic E-state index is -0.458. The van der Waals surface area contributed by atoms with E-state index in [0.717, 1.165) is 24.3 Å². The van der Waals surface area contributed by atoms with Crippen LogP contribution < -0.4 is 15.5 Å². The molecular weight excluding hydrogens is 328 g/mol. The highest BCUT2D eigenvalue weighted by molar-refractivity contribution is 5.97. The first-order valence-corrected chi connectivity index (χ1v) is 8.55. The minimum Gasteiger partial charge on any atom is -0.374 e. The van der Waals surface area contributed by atoms with Gasteiger partial charge in [-0.05, 0) is 55.8 Å². The zero-order valence-corrected chi connectivity index (χ0v) is 14.5. The van der Waals surface area contributed by atoms with E-state index in [-0.39, 0.29) is 11.8 Å². The summed E-state index contributed by atoms with van der Waals surface area (Å²) in [5.41, 5.74) is 2.76. The van der Waals surface area contributed by atoms with Crippen LogP contribution in [0.2, 0.25) is 0 Å². The molecule has 1 atom stereocenters. The van der Waals surface area contributed by atoms with Crippen LogP contribution in [-0.2, 0) is 9.59 Å². The average molecular weight is 348 g/mol. The molecule has 0 aromatic heterocycles. The smallest absolute Gasteiger partial charge is 0.246 e. The van der Waals surface area contributed by atoms with Crippen molar-refractivity contribution in [2.24, 2.45) is 0 Å². The molecular formula is C20H20N4O2. The van der Waals surface area contributed by atoms with Crippen molar-refractivity contribution in [1.82, 2.24) is 0 Å². The molecule has 1 saturated heterocycles. The molecule has 0 radical (unpaired) electrons. The quantitative estimate of drug-likeness (QED) is 0.869. The van der Waals surface area contributed by atoms with Crippen molar-refractivity contribution in [2.75, 3.05) is 22.1 Å². The van der Waals surface area contributed by atoms with Crippen LogP contribution in [0.1, 0.15) is 25.3 Å². The molecule has 1 aliphatic heterocycles. The van der Waals surface area contributed by atoms with Crippen molar-refractivity contribution in [3.63, 3.8) is 0 Å². The molecule has 26 heavy (non-hydrogen) atoms. The molecule has 0 bridgehead atoms. The number of nitrogens with zero attached hydrogens (tertiary/aromatic N) is 2. The Morgan fingerprint density at radius 1 is 1.19 bits per heavy atom. The van der Waals surface area contributed by atoms with Gasteiger partial charge in [0, 0.05) is 30.0 Å². The molecule has 0 aliphatic carbocycles. The fourth-order valence-electron chi connectivity index (χ4n) is 2.89. The van der Waals surface area contributed by atoms with E-state index >= 15 is 0 Å². The van der Waals surface area contributed by atoms with Gasteiger partial charge in [-0.2, -0.15) is 5.26 Å². The Kier molecular flexibility index (Phi) is 5.18. The molecule has 0 saturated carbocycles. The monoisotopic (exact) mass is 348 g/mol. The summed E-state index contributed by atoms with van der Waals surface area (Å²) in [6.07, 6.45) is 1.49. The first-order chi connectivity index (χ1) is 12.6. The molecule has 2 N–H and O–H groups in total. The van der Waals surface area contributed by atoms with E-state index in [0.29, 0.717) is 17.7 Å². The van der Waals surface area contributed by atoms with Crippen LogP contribution >= 0.6 is 0 Å². The third kappa shape index (κ3) is 4.01. The Hall–Kier alpha value is -3.33. The molecule has 3 rings (SSSR count). The summed E-state index contributed by atoms with van der Waals surface area (Å²) in [5.74, 6) is -0.0445. The molecule has 1 heterocycles. The summed E-state index contributed by atoms with van der Waals surface area (Å²) in [5, 5.41) is 14.9. The van der Waals surface area contributed by atoms with Crippen molar-refractivity contribution in [3.05, 3.63) is 54.1 Å². The molecule has 0 spiro atoms. The van der Waals surface area contributed by atoms with Gasteiger partial charge in [0.25, 0.3) is 0 Å². The third-order valence-electron chi connectivity index (χ3n) is 4.29. The van der Waals surface area contributed by atoms with Gasteiger partial charge in [0.15, 0.2) is 0 Å². The second kappa shape index (κ2) is 7.70. The molecule has 2 aromatic carbocycles. The van der Waals surface area contributed by atoms with Crippen molar-refractivity contribution < 1.29 is 9.59 Å². The highest BCUT2D eigenvalue weighted by Crippen LogP contribution is 2.23. The van der Waals surface area contributed by atoms with E-state index in [9.17, 15) is 9.59 Å². The Labute approximate surface area is 152 Å². The largest absolute Gasteiger partial charge is 0.374 e. The van der Waals surface area contributed by atoms with E-state index < -0.39 is 6.04 Å². The number of hydrogen-bond acceptors (Lipinski definition) is 4. The molecule has 0 unspecified atom stereocenters. The molecule has 1 fully saturated rings. The second-order valence-electron chi connectivity index (χ2n) is 6.24. The first-order valence-electron chi connectivity index (χ1n) is 8.55. The van der Waals surface area contributed by atoms with Crippen molar-refractivity contribution >= 4 is 28.9 Å². The van der Waals surface area contributed by atoms with Crippen LogP contribution in [0.25, 0.3) is 0 Å². The van der Waals surface area contributed by atoms with Gasteiger partial charge in [0.05, 0.1) is 11.6 Å². The fraction of sp³-hybridized carbons (Fsp3) is 0.250. The lowest BCUT2D eigenvalue weighted by molar-refractivity contribution is -0.117. The van der Waals surface area contributed by atoms with E-state index in [2.05, 4.69) is 10.6 Å². The standard InChI is InChI=1S/C20H20N4O2/c1-14(20(26)23-17-5-2-4-15(12-17)13-21)22-16-7-9-18(10-8-16)24-11-3-6-19(24)25/h2,4-5,7-10,12,14,22H,3,6,11H2,1H3,(H,23,26)/t14-/m0/s1. The maximum absolute atomic E-state index is 12.3. The van der Waals surface area contributed by atoms with Crippen LogP contribution in [0.3, 0.4) is 0 Å². The molecule has 1 aliphatic rings. The lowest BCUT2D eigenvalue weighted by Gasteiger charge is -2.18. The van der Waals surface area contributed by atoms with Crippen LogP contribution in [0.5, 0.6) is 0 Å². The number of carbonyl (C=O) groups is 2. The summed E-state index contributed by atoms with van der Waals surface area (Å²) >= 11 is 0. The van der Waals surface area contributed by atoms with Gasteiger partial charge in [-0.25, -0.2) is 0 Å². The van der Waals surface area contributed by atoms with Crippen molar-refractivity contribution in [3.8, 4) is 6.07 Å². The van der Waals surface area contributed by atoms with Gasteiger partial charge in [0.2, 0.25) is 11.8 Å². The lowest BCUT2D eigenvalue weighted by atomic mass is 10.2. The number of anilines is 3. The normalized spacial score (nSPS) is 14.6. The zero-order valence-electron chi connectivity index (χ0n) is 14.5. The van der Waals surface area contributed by atoms with Gasteiger partial charge in [-0.3, -0.25) is 9.59 Å². The van der Waals surface area contributed by atoms with Gasteiger partial charge in [0.1, 0.15) is 6.04 Å². The fourth-order valence-corrected chi connectivity index (χ4v) is 2.89. The number of nitriles is 1. The van der Waals surface area contributed by atoms with Crippen LogP contribution in [0.15, 0.2) is 48.5 Å². The summed E-state index contributed by atoms with van der Waals surface area (Å²) in [4.78, 5) is 25.9. The van der Waals surface area contributed by atoms with E-state index in [1.807, 2.05) is 30.3 Å². The number of amides is 2. The van der Waals surface area contributed by atoms with Crippen molar-refractivity contribution in [2.45, 2.75) is 25.8 Å².